The van der Waals surface area contributed by atoms with Crippen molar-refractivity contribution in [2.75, 3.05) is 13.1 Å². The lowest BCUT2D eigenvalue weighted by molar-refractivity contribution is 0.0948. The van der Waals surface area contributed by atoms with Crippen LogP contribution in [0.5, 0.6) is 11.5 Å². The third-order valence-electron chi connectivity index (χ3n) is 4.65. The van der Waals surface area contributed by atoms with E-state index in [9.17, 15) is 15.0 Å². The zero-order chi connectivity index (χ0) is 17.6. The third-order valence-corrected chi connectivity index (χ3v) is 4.65. The first-order chi connectivity index (χ1) is 12.1. The van der Waals surface area contributed by atoms with Crippen molar-refractivity contribution in [2.24, 2.45) is 5.92 Å². The Morgan fingerprint density at radius 3 is 2.60 bits per heavy atom. The highest BCUT2D eigenvalue weighted by molar-refractivity contribution is 5.96. The normalized spacial score (nSPS) is 15.0. The summed E-state index contributed by atoms with van der Waals surface area (Å²) in [6, 6.07) is 12.2. The van der Waals surface area contributed by atoms with Gasteiger partial charge in [-0.15, -0.1) is 0 Å². The summed E-state index contributed by atoms with van der Waals surface area (Å²) in [6.45, 7) is 2.59. The number of phenolic OH excluding ortho intramolecular Hbond substituents is 2. The van der Waals surface area contributed by atoms with Crippen LogP contribution in [0.4, 0.5) is 0 Å². The topological polar surface area (TPSA) is 81.6 Å². The first kappa shape index (κ1) is 17.3. The van der Waals surface area contributed by atoms with Gasteiger partial charge in [0.15, 0.2) is 0 Å². The van der Waals surface area contributed by atoms with Gasteiger partial charge in [-0.05, 0) is 61.5 Å². The monoisotopic (exact) mass is 340 g/mol. The maximum atomic E-state index is 12.2. The molecule has 3 rings (SSSR count). The number of aromatic hydroxyl groups is 2. The van der Waals surface area contributed by atoms with E-state index in [1.807, 2.05) is 12.1 Å². The van der Waals surface area contributed by atoms with Gasteiger partial charge >= 0.3 is 0 Å². The van der Waals surface area contributed by atoms with E-state index >= 15 is 0 Å². The first-order valence-corrected chi connectivity index (χ1v) is 8.70. The molecule has 2 aromatic rings. The number of amides is 1. The lowest BCUT2D eigenvalue weighted by Crippen LogP contribution is -2.28. The second-order valence-electron chi connectivity index (χ2n) is 6.60. The van der Waals surface area contributed by atoms with Gasteiger partial charge in [-0.2, -0.15) is 0 Å². The van der Waals surface area contributed by atoms with Gasteiger partial charge in [-0.1, -0.05) is 24.3 Å². The van der Waals surface area contributed by atoms with Crippen LogP contribution >= 0.6 is 0 Å². The highest BCUT2D eigenvalue weighted by Crippen LogP contribution is 2.22. The standard InChI is InChI=1S/C20H24N2O3/c23-17-4-5-18(19(24)12-17)20(25)22-13-16-3-1-2-15(11-16)10-14-6-8-21-9-7-14/h1-5,11-12,14,21,23-24H,6-10,13H2,(H,22,25). The zero-order valence-corrected chi connectivity index (χ0v) is 14.2. The summed E-state index contributed by atoms with van der Waals surface area (Å²) >= 11 is 0. The second kappa shape index (κ2) is 8.03. The molecular formula is C20H24N2O3. The molecule has 1 fully saturated rings. The molecule has 0 radical (unpaired) electrons. The summed E-state index contributed by atoms with van der Waals surface area (Å²) in [4.78, 5) is 12.2. The Labute approximate surface area is 147 Å². The summed E-state index contributed by atoms with van der Waals surface area (Å²) in [5.41, 5.74) is 2.49. The minimum atomic E-state index is -0.360. The lowest BCUT2D eigenvalue weighted by Gasteiger charge is -2.22. The van der Waals surface area contributed by atoms with Crippen molar-refractivity contribution in [2.45, 2.75) is 25.8 Å². The molecule has 1 heterocycles. The zero-order valence-electron chi connectivity index (χ0n) is 14.2. The van der Waals surface area contributed by atoms with Crippen LogP contribution in [0.25, 0.3) is 0 Å². The van der Waals surface area contributed by atoms with E-state index in [-0.39, 0.29) is 23.0 Å². The molecule has 4 N–H and O–H groups in total. The lowest BCUT2D eigenvalue weighted by atomic mass is 9.90. The molecule has 0 bridgehead atoms. The largest absolute Gasteiger partial charge is 0.508 e. The van der Waals surface area contributed by atoms with Crippen molar-refractivity contribution in [3.63, 3.8) is 0 Å². The molecular weight excluding hydrogens is 316 g/mol. The van der Waals surface area contributed by atoms with Gasteiger partial charge in [-0.25, -0.2) is 0 Å². The smallest absolute Gasteiger partial charge is 0.255 e. The number of hydrogen-bond donors (Lipinski definition) is 4. The van der Waals surface area contributed by atoms with Crippen LogP contribution in [0.3, 0.4) is 0 Å². The van der Waals surface area contributed by atoms with Gasteiger partial charge in [0.2, 0.25) is 0 Å². The average molecular weight is 340 g/mol. The second-order valence-corrected chi connectivity index (χ2v) is 6.60. The minimum absolute atomic E-state index is 0.0698. The summed E-state index contributed by atoms with van der Waals surface area (Å²) in [5, 5.41) is 25.3. The average Bonchev–Trinajstić information content (AvgIpc) is 2.61. The Balaban J connectivity index is 1.59. The molecule has 0 saturated carbocycles. The molecule has 1 aliphatic heterocycles. The van der Waals surface area contributed by atoms with E-state index in [0.717, 1.165) is 37.1 Å². The Kier molecular flexibility index (Phi) is 5.56. The van der Waals surface area contributed by atoms with E-state index in [1.165, 1.54) is 30.5 Å². The molecule has 25 heavy (non-hydrogen) atoms. The minimum Gasteiger partial charge on any atom is -0.508 e. The van der Waals surface area contributed by atoms with Crippen LogP contribution in [-0.2, 0) is 13.0 Å². The van der Waals surface area contributed by atoms with Crippen molar-refractivity contribution >= 4 is 5.91 Å². The van der Waals surface area contributed by atoms with Crippen LogP contribution in [0.1, 0.15) is 34.3 Å². The molecule has 0 aliphatic carbocycles. The number of hydrogen-bond acceptors (Lipinski definition) is 4. The van der Waals surface area contributed by atoms with E-state index in [1.54, 1.807) is 0 Å². The fraction of sp³-hybridized carbons (Fsp3) is 0.350. The van der Waals surface area contributed by atoms with Crippen LogP contribution in [0.15, 0.2) is 42.5 Å². The van der Waals surface area contributed by atoms with Gasteiger partial charge in [0.05, 0.1) is 5.56 Å². The number of piperidine rings is 1. The highest BCUT2D eigenvalue weighted by atomic mass is 16.3. The molecule has 5 nitrogen and oxygen atoms in total. The van der Waals surface area contributed by atoms with Crippen molar-refractivity contribution in [1.82, 2.24) is 10.6 Å². The van der Waals surface area contributed by atoms with Crippen LogP contribution in [0, 0.1) is 5.92 Å². The molecule has 0 aromatic heterocycles. The predicted molar refractivity (Wildman–Crippen MR) is 96.7 cm³/mol. The van der Waals surface area contributed by atoms with Gasteiger partial charge in [0, 0.05) is 12.6 Å². The number of carbonyl (C=O) groups is 1. The number of rotatable bonds is 5. The molecule has 2 aromatic carbocycles. The van der Waals surface area contributed by atoms with Crippen LogP contribution in [-0.4, -0.2) is 29.2 Å². The Morgan fingerprint density at radius 2 is 1.84 bits per heavy atom. The van der Waals surface area contributed by atoms with Gasteiger partial charge in [0.1, 0.15) is 11.5 Å². The molecule has 1 amide bonds. The molecule has 0 spiro atoms. The summed E-state index contributed by atoms with van der Waals surface area (Å²) in [5.74, 6) is 0.0677. The summed E-state index contributed by atoms with van der Waals surface area (Å²) in [6.07, 6.45) is 3.49. The van der Waals surface area contributed by atoms with Gasteiger partial charge in [-0.3, -0.25) is 4.79 Å². The quantitative estimate of drug-likeness (QED) is 0.674. The fourth-order valence-corrected chi connectivity index (χ4v) is 3.28. The third kappa shape index (κ3) is 4.73. The van der Waals surface area contributed by atoms with Crippen LogP contribution < -0.4 is 10.6 Å². The van der Waals surface area contributed by atoms with E-state index in [4.69, 9.17) is 0 Å². The van der Waals surface area contributed by atoms with Crippen molar-refractivity contribution in [3.05, 3.63) is 59.2 Å². The maximum Gasteiger partial charge on any atom is 0.255 e. The molecule has 1 saturated heterocycles. The molecule has 1 aliphatic rings. The van der Waals surface area contributed by atoms with Crippen LogP contribution in [0.2, 0.25) is 0 Å². The molecule has 0 unspecified atom stereocenters. The van der Waals surface area contributed by atoms with E-state index < -0.39 is 0 Å². The van der Waals surface area contributed by atoms with E-state index in [2.05, 4.69) is 22.8 Å². The van der Waals surface area contributed by atoms with Crippen molar-refractivity contribution in [3.8, 4) is 11.5 Å². The fourth-order valence-electron chi connectivity index (χ4n) is 3.28. The van der Waals surface area contributed by atoms with Gasteiger partial charge in [0.25, 0.3) is 5.91 Å². The Morgan fingerprint density at radius 1 is 1.08 bits per heavy atom. The Hall–Kier alpha value is -2.53. The maximum absolute atomic E-state index is 12.2. The van der Waals surface area contributed by atoms with E-state index in [0.29, 0.717) is 6.54 Å². The molecule has 132 valence electrons. The number of nitrogens with one attached hydrogen (secondary N) is 2. The number of phenols is 2. The summed E-state index contributed by atoms with van der Waals surface area (Å²) in [7, 11) is 0. The highest BCUT2D eigenvalue weighted by Gasteiger charge is 2.14. The Bertz CT molecular complexity index is 739. The number of carbonyl (C=O) groups excluding carboxylic acids is 1. The van der Waals surface area contributed by atoms with Crippen molar-refractivity contribution < 1.29 is 15.0 Å². The number of benzene rings is 2. The summed E-state index contributed by atoms with van der Waals surface area (Å²) < 4.78 is 0. The predicted octanol–water partition coefficient (Wildman–Crippen LogP) is 2.57. The first-order valence-electron chi connectivity index (χ1n) is 8.70. The van der Waals surface area contributed by atoms with Crippen molar-refractivity contribution in [1.29, 1.82) is 0 Å². The van der Waals surface area contributed by atoms with Gasteiger partial charge < -0.3 is 20.8 Å². The molecule has 0 atom stereocenters. The SMILES string of the molecule is O=C(NCc1cccc(CC2CCNCC2)c1)c1ccc(O)cc1O. The molecule has 5 heteroatoms.